The minimum absolute atomic E-state index is 0.233. The topological polar surface area (TPSA) is 57.7 Å². The van der Waals surface area contributed by atoms with Crippen LogP contribution in [0, 0.1) is 0 Å². The zero-order valence-electron chi connectivity index (χ0n) is 19.8. The van der Waals surface area contributed by atoms with Crippen LogP contribution >= 0.6 is 0 Å². The molecule has 0 aliphatic carbocycles. The number of methoxy groups -OCH3 is 1. The van der Waals surface area contributed by atoms with Gasteiger partial charge in [-0.05, 0) is 55.2 Å². The van der Waals surface area contributed by atoms with Gasteiger partial charge in [0.2, 0.25) is 0 Å². The molecule has 1 N–H and O–H groups in total. The SMILES string of the molecule is COC(=O)c1ccc2c(c1)C[C@@H](C)N(CC(F)(F)F)[C@@H]2c1ccc(NC2CN(CCCF)C2)cn1. The van der Waals surface area contributed by atoms with Gasteiger partial charge in [0.25, 0.3) is 0 Å². The van der Waals surface area contributed by atoms with Gasteiger partial charge in [0, 0.05) is 25.7 Å². The number of carbonyl (C=O) groups is 1. The largest absolute Gasteiger partial charge is 0.465 e. The fourth-order valence-electron chi connectivity index (χ4n) is 4.96. The molecule has 1 fully saturated rings. The number of fused-ring (bicyclic) bond motifs is 1. The molecule has 0 radical (unpaired) electrons. The van der Waals surface area contributed by atoms with E-state index in [0.717, 1.165) is 30.9 Å². The summed E-state index contributed by atoms with van der Waals surface area (Å²) in [5.74, 6) is -0.484. The minimum Gasteiger partial charge on any atom is -0.465 e. The molecule has 3 heterocycles. The molecule has 0 saturated carbocycles. The van der Waals surface area contributed by atoms with Crippen molar-refractivity contribution in [1.82, 2.24) is 14.8 Å². The Morgan fingerprint density at radius 1 is 1.23 bits per heavy atom. The van der Waals surface area contributed by atoms with Gasteiger partial charge in [-0.3, -0.25) is 19.2 Å². The number of halogens is 4. The second-order valence-corrected chi connectivity index (χ2v) is 9.26. The van der Waals surface area contributed by atoms with Gasteiger partial charge in [-0.15, -0.1) is 0 Å². The van der Waals surface area contributed by atoms with Gasteiger partial charge in [0.1, 0.15) is 0 Å². The molecule has 0 bridgehead atoms. The lowest BCUT2D eigenvalue weighted by molar-refractivity contribution is -0.155. The highest BCUT2D eigenvalue weighted by Crippen LogP contribution is 2.39. The lowest BCUT2D eigenvalue weighted by atomic mass is 9.85. The molecule has 10 heteroatoms. The molecule has 2 aliphatic rings. The van der Waals surface area contributed by atoms with Crippen LogP contribution in [0.1, 0.15) is 46.6 Å². The average Bonchev–Trinajstić information content (AvgIpc) is 2.80. The third-order valence-corrected chi connectivity index (χ3v) is 6.64. The van der Waals surface area contributed by atoms with Crippen molar-refractivity contribution < 1.29 is 27.1 Å². The molecule has 1 aromatic heterocycles. The summed E-state index contributed by atoms with van der Waals surface area (Å²) < 4.78 is 57.6. The zero-order chi connectivity index (χ0) is 25.2. The van der Waals surface area contributed by atoms with E-state index in [0.29, 0.717) is 29.7 Å². The van der Waals surface area contributed by atoms with Crippen molar-refractivity contribution in [2.45, 2.75) is 44.1 Å². The first kappa shape index (κ1) is 25.4. The van der Waals surface area contributed by atoms with Crippen LogP contribution in [0.25, 0.3) is 0 Å². The molecular weight excluding hydrogens is 464 g/mol. The van der Waals surface area contributed by atoms with Gasteiger partial charge in [0.15, 0.2) is 0 Å². The number of ether oxygens (including phenoxy) is 1. The predicted molar refractivity (Wildman–Crippen MR) is 124 cm³/mol. The summed E-state index contributed by atoms with van der Waals surface area (Å²) in [4.78, 5) is 20.1. The first-order valence-corrected chi connectivity index (χ1v) is 11.7. The molecule has 6 nitrogen and oxygen atoms in total. The molecule has 190 valence electrons. The van der Waals surface area contributed by atoms with E-state index in [1.54, 1.807) is 37.4 Å². The van der Waals surface area contributed by atoms with Crippen LogP contribution in [0.5, 0.6) is 0 Å². The number of nitrogens with one attached hydrogen (secondary N) is 1. The highest BCUT2D eigenvalue weighted by molar-refractivity contribution is 5.89. The van der Waals surface area contributed by atoms with Crippen LogP contribution < -0.4 is 5.32 Å². The number of aromatic nitrogens is 1. The van der Waals surface area contributed by atoms with Gasteiger partial charge in [-0.2, -0.15) is 13.2 Å². The van der Waals surface area contributed by atoms with Crippen molar-refractivity contribution in [3.05, 3.63) is 58.9 Å². The van der Waals surface area contributed by atoms with Gasteiger partial charge < -0.3 is 10.1 Å². The highest BCUT2D eigenvalue weighted by atomic mass is 19.4. The Balaban J connectivity index is 1.57. The Morgan fingerprint density at radius 3 is 2.63 bits per heavy atom. The van der Waals surface area contributed by atoms with E-state index >= 15 is 0 Å². The van der Waals surface area contributed by atoms with Gasteiger partial charge in [0.05, 0.1) is 55.6 Å². The number of pyridine rings is 1. The van der Waals surface area contributed by atoms with E-state index in [2.05, 4.69) is 15.2 Å². The third kappa shape index (κ3) is 5.92. The first-order chi connectivity index (χ1) is 16.7. The summed E-state index contributed by atoms with van der Waals surface area (Å²) in [6.45, 7) is 2.74. The maximum absolute atomic E-state index is 13.5. The highest BCUT2D eigenvalue weighted by Gasteiger charge is 2.41. The summed E-state index contributed by atoms with van der Waals surface area (Å²) in [6, 6.07) is 7.71. The third-order valence-electron chi connectivity index (χ3n) is 6.64. The van der Waals surface area contributed by atoms with E-state index < -0.39 is 30.8 Å². The van der Waals surface area contributed by atoms with E-state index in [4.69, 9.17) is 4.74 Å². The lowest BCUT2D eigenvalue weighted by Gasteiger charge is -2.42. The van der Waals surface area contributed by atoms with Crippen molar-refractivity contribution in [1.29, 1.82) is 0 Å². The van der Waals surface area contributed by atoms with Crippen molar-refractivity contribution >= 4 is 11.7 Å². The number of hydrogen-bond donors (Lipinski definition) is 1. The summed E-state index contributed by atoms with van der Waals surface area (Å²) in [5, 5.41) is 3.38. The number of rotatable bonds is 8. The lowest BCUT2D eigenvalue weighted by Crippen LogP contribution is -2.54. The number of hydrogen-bond acceptors (Lipinski definition) is 6. The zero-order valence-corrected chi connectivity index (χ0v) is 19.8. The van der Waals surface area contributed by atoms with Gasteiger partial charge >= 0.3 is 12.1 Å². The van der Waals surface area contributed by atoms with Crippen LogP contribution in [-0.2, 0) is 11.2 Å². The molecule has 2 aliphatic heterocycles. The molecule has 0 unspecified atom stereocenters. The molecule has 2 aromatic rings. The normalized spacial score (nSPS) is 21.3. The van der Waals surface area contributed by atoms with E-state index in [1.807, 2.05) is 6.07 Å². The standard InChI is InChI=1S/C25H30F4N4O2/c1-16-10-18-11-17(24(34)35-2)4-6-21(18)23(33(16)15-25(27,28)29)22-7-5-19(12-30-22)31-20-13-32(14-20)9-3-8-26/h4-7,11-12,16,20,23,31H,3,8-10,13-15H2,1-2H3/t16-,23+/m1/s1. The van der Waals surface area contributed by atoms with Crippen molar-refractivity contribution in [3.63, 3.8) is 0 Å². The Kier molecular flexibility index (Phi) is 7.61. The number of esters is 1. The number of nitrogens with zero attached hydrogens (tertiary/aromatic N) is 3. The summed E-state index contributed by atoms with van der Waals surface area (Å²) >= 11 is 0. The Bertz CT molecular complexity index is 1030. The molecule has 1 saturated heterocycles. The Labute approximate surface area is 202 Å². The summed E-state index contributed by atoms with van der Waals surface area (Å²) in [7, 11) is 1.29. The van der Waals surface area contributed by atoms with E-state index in [1.165, 1.54) is 12.0 Å². The molecule has 35 heavy (non-hydrogen) atoms. The molecule has 1 aromatic carbocycles. The number of carbonyl (C=O) groups excluding carboxylic acids is 1. The van der Waals surface area contributed by atoms with Gasteiger partial charge in [-0.1, -0.05) is 6.07 Å². The molecule has 0 spiro atoms. The number of likely N-dealkylation sites (tertiary alicyclic amines) is 1. The summed E-state index contributed by atoms with van der Waals surface area (Å²) in [5.41, 5.74) is 3.19. The summed E-state index contributed by atoms with van der Waals surface area (Å²) in [6.07, 6.45) is -1.81. The second kappa shape index (κ2) is 10.5. The predicted octanol–water partition coefficient (Wildman–Crippen LogP) is 4.22. The van der Waals surface area contributed by atoms with Crippen LogP contribution in [0.15, 0.2) is 36.5 Å². The Morgan fingerprint density at radius 2 is 2.00 bits per heavy atom. The average molecular weight is 495 g/mol. The molecule has 4 rings (SSSR count). The van der Waals surface area contributed by atoms with E-state index in [-0.39, 0.29) is 12.7 Å². The quantitative estimate of drug-likeness (QED) is 0.438. The molecular formula is C25H30F4N4O2. The number of benzene rings is 1. The second-order valence-electron chi connectivity index (χ2n) is 9.26. The molecule has 2 atom stereocenters. The number of alkyl halides is 4. The van der Waals surface area contributed by atoms with E-state index in [9.17, 15) is 22.4 Å². The van der Waals surface area contributed by atoms with Crippen LogP contribution in [0.3, 0.4) is 0 Å². The fourth-order valence-corrected chi connectivity index (χ4v) is 4.96. The fraction of sp³-hybridized carbons (Fsp3) is 0.520. The van der Waals surface area contributed by atoms with Crippen LogP contribution in [0.2, 0.25) is 0 Å². The number of anilines is 1. The van der Waals surface area contributed by atoms with Gasteiger partial charge in [-0.25, -0.2) is 4.79 Å². The smallest absolute Gasteiger partial charge is 0.401 e. The van der Waals surface area contributed by atoms with Crippen molar-refractivity contribution in [3.8, 4) is 0 Å². The molecule has 0 amide bonds. The Hall–Kier alpha value is -2.72. The first-order valence-electron chi connectivity index (χ1n) is 11.7. The monoisotopic (exact) mass is 494 g/mol. The van der Waals surface area contributed by atoms with Crippen molar-refractivity contribution in [2.75, 3.05) is 45.3 Å². The maximum Gasteiger partial charge on any atom is 0.401 e. The van der Waals surface area contributed by atoms with Crippen LogP contribution in [-0.4, -0.2) is 79.0 Å². The van der Waals surface area contributed by atoms with Crippen LogP contribution in [0.4, 0.5) is 23.2 Å². The maximum atomic E-state index is 13.5. The van der Waals surface area contributed by atoms with Crippen molar-refractivity contribution in [2.24, 2.45) is 0 Å². The minimum atomic E-state index is -4.37.